The van der Waals surface area contributed by atoms with Gasteiger partial charge in [-0.05, 0) is 32.1 Å². The first-order chi connectivity index (χ1) is 10.2. The number of hydrogen-bond donors (Lipinski definition) is 1. The van der Waals surface area contributed by atoms with E-state index in [0.717, 1.165) is 37.3 Å². The molecule has 0 unspecified atom stereocenters. The number of nitrogens with one attached hydrogen (secondary N) is 1. The first-order valence-corrected chi connectivity index (χ1v) is 8.10. The van der Waals surface area contributed by atoms with Crippen LogP contribution in [0.2, 0.25) is 0 Å². The summed E-state index contributed by atoms with van der Waals surface area (Å²) >= 11 is 0. The van der Waals surface area contributed by atoms with Gasteiger partial charge in [0.1, 0.15) is 5.82 Å². The van der Waals surface area contributed by atoms with Crippen molar-refractivity contribution in [3.63, 3.8) is 0 Å². The normalized spacial score (nSPS) is 23.3. The number of nitrogens with zero attached hydrogens (tertiary/aromatic N) is 3. The van der Waals surface area contributed by atoms with Crippen molar-refractivity contribution in [1.29, 1.82) is 0 Å². The molecule has 1 aromatic heterocycles. The fourth-order valence-corrected chi connectivity index (χ4v) is 3.51. The lowest BCUT2D eigenvalue weighted by Gasteiger charge is -2.34. The van der Waals surface area contributed by atoms with Crippen LogP contribution in [0.3, 0.4) is 0 Å². The third-order valence-electron chi connectivity index (χ3n) is 4.61. The van der Waals surface area contributed by atoms with E-state index in [1.54, 1.807) is 13.1 Å². The number of anilines is 1. The van der Waals surface area contributed by atoms with Gasteiger partial charge < -0.3 is 10.2 Å². The largest absolute Gasteiger partial charge is 0.366 e. The summed E-state index contributed by atoms with van der Waals surface area (Å²) < 4.78 is 0. The van der Waals surface area contributed by atoms with Gasteiger partial charge in [0.15, 0.2) is 0 Å². The molecule has 114 valence electrons. The third-order valence-corrected chi connectivity index (χ3v) is 4.61. The molecule has 1 aromatic rings. The molecule has 1 aliphatic carbocycles. The molecule has 21 heavy (non-hydrogen) atoms. The SMILES string of the molecule is CC(=O)N1CCCC[C@H]1c1cncc(NC2CCCC2)n1. The van der Waals surface area contributed by atoms with Crippen LogP contribution in [0.25, 0.3) is 0 Å². The van der Waals surface area contributed by atoms with Crippen molar-refractivity contribution in [3.8, 4) is 0 Å². The molecule has 1 N–H and O–H groups in total. The van der Waals surface area contributed by atoms with Gasteiger partial charge in [-0.25, -0.2) is 4.98 Å². The summed E-state index contributed by atoms with van der Waals surface area (Å²) in [7, 11) is 0. The highest BCUT2D eigenvalue weighted by molar-refractivity contribution is 5.73. The Morgan fingerprint density at radius 2 is 1.95 bits per heavy atom. The van der Waals surface area contributed by atoms with E-state index < -0.39 is 0 Å². The first kappa shape index (κ1) is 14.3. The molecule has 2 aliphatic rings. The highest BCUT2D eigenvalue weighted by Crippen LogP contribution is 2.30. The Morgan fingerprint density at radius 1 is 1.19 bits per heavy atom. The van der Waals surface area contributed by atoms with E-state index in [9.17, 15) is 4.79 Å². The smallest absolute Gasteiger partial charge is 0.220 e. The Balaban J connectivity index is 1.75. The van der Waals surface area contributed by atoms with E-state index in [0.29, 0.717) is 6.04 Å². The summed E-state index contributed by atoms with van der Waals surface area (Å²) in [5.74, 6) is 0.990. The van der Waals surface area contributed by atoms with E-state index in [4.69, 9.17) is 4.98 Å². The van der Waals surface area contributed by atoms with Crippen molar-refractivity contribution in [2.24, 2.45) is 0 Å². The number of rotatable bonds is 3. The van der Waals surface area contributed by atoms with Crippen molar-refractivity contribution in [2.45, 2.75) is 64.0 Å². The number of likely N-dealkylation sites (tertiary alicyclic amines) is 1. The minimum atomic E-state index is 0.0917. The Kier molecular flexibility index (Phi) is 4.36. The monoisotopic (exact) mass is 288 g/mol. The van der Waals surface area contributed by atoms with Gasteiger partial charge in [-0.2, -0.15) is 0 Å². The van der Waals surface area contributed by atoms with E-state index in [1.165, 1.54) is 25.7 Å². The van der Waals surface area contributed by atoms with Gasteiger partial charge in [0.2, 0.25) is 5.91 Å². The Labute approximate surface area is 126 Å². The fourth-order valence-electron chi connectivity index (χ4n) is 3.51. The van der Waals surface area contributed by atoms with Crippen LogP contribution >= 0.6 is 0 Å². The maximum Gasteiger partial charge on any atom is 0.220 e. The van der Waals surface area contributed by atoms with Crippen LogP contribution in [0.5, 0.6) is 0 Å². The van der Waals surface area contributed by atoms with Crippen LogP contribution in [-0.2, 0) is 4.79 Å². The average Bonchev–Trinajstić information content (AvgIpc) is 3.00. The lowest BCUT2D eigenvalue weighted by atomic mass is 9.99. The molecule has 0 spiro atoms. The zero-order valence-electron chi connectivity index (χ0n) is 12.7. The Hall–Kier alpha value is -1.65. The lowest BCUT2D eigenvalue weighted by Crippen LogP contribution is -2.37. The van der Waals surface area contributed by atoms with E-state index in [2.05, 4.69) is 10.3 Å². The second-order valence-corrected chi connectivity index (χ2v) is 6.18. The minimum Gasteiger partial charge on any atom is -0.366 e. The van der Waals surface area contributed by atoms with Gasteiger partial charge >= 0.3 is 0 Å². The second-order valence-electron chi connectivity index (χ2n) is 6.18. The van der Waals surface area contributed by atoms with E-state index in [-0.39, 0.29) is 11.9 Å². The number of piperidine rings is 1. The first-order valence-electron chi connectivity index (χ1n) is 8.10. The van der Waals surface area contributed by atoms with Crippen molar-refractivity contribution < 1.29 is 4.79 Å². The number of carbonyl (C=O) groups excluding carboxylic acids is 1. The molecule has 1 atom stereocenters. The summed E-state index contributed by atoms with van der Waals surface area (Å²) in [5.41, 5.74) is 0.924. The highest BCUT2D eigenvalue weighted by Gasteiger charge is 2.27. The molecule has 5 heteroatoms. The summed E-state index contributed by atoms with van der Waals surface area (Å²) in [5, 5.41) is 3.49. The quantitative estimate of drug-likeness (QED) is 0.929. The summed E-state index contributed by atoms with van der Waals surface area (Å²) in [4.78, 5) is 22.8. The molecule has 1 saturated carbocycles. The molecule has 1 aliphatic heterocycles. The lowest BCUT2D eigenvalue weighted by molar-refractivity contribution is -0.132. The highest BCUT2D eigenvalue weighted by atomic mass is 16.2. The van der Waals surface area contributed by atoms with Crippen molar-refractivity contribution in [1.82, 2.24) is 14.9 Å². The summed E-state index contributed by atoms with van der Waals surface area (Å²) in [6.45, 7) is 2.48. The van der Waals surface area contributed by atoms with Crippen molar-refractivity contribution >= 4 is 11.7 Å². The molecule has 3 rings (SSSR count). The molecule has 0 bridgehead atoms. The molecular weight excluding hydrogens is 264 g/mol. The number of carbonyl (C=O) groups is 1. The minimum absolute atomic E-state index is 0.0917. The van der Waals surface area contributed by atoms with Crippen molar-refractivity contribution in [2.75, 3.05) is 11.9 Å². The van der Waals surface area contributed by atoms with Crippen LogP contribution in [-0.4, -0.2) is 33.4 Å². The Morgan fingerprint density at radius 3 is 2.71 bits per heavy atom. The molecule has 2 fully saturated rings. The van der Waals surface area contributed by atoms with Gasteiger partial charge in [0.05, 0.1) is 24.1 Å². The van der Waals surface area contributed by atoms with Gasteiger partial charge in [-0.3, -0.25) is 9.78 Å². The topological polar surface area (TPSA) is 58.1 Å². The standard InChI is InChI=1S/C16H24N4O/c1-12(21)20-9-5-4-8-15(20)14-10-17-11-16(19-14)18-13-6-2-3-7-13/h10-11,13,15H,2-9H2,1H3,(H,18,19)/t15-/m0/s1. The van der Waals surface area contributed by atoms with E-state index in [1.807, 2.05) is 11.1 Å². The van der Waals surface area contributed by atoms with Gasteiger partial charge in [0, 0.05) is 19.5 Å². The molecular formula is C16H24N4O. The summed E-state index contributed by atoms with van der Waals surface area (Å²) in [6, 6.07) is 0.624. The Bertz CT molecular complexity index is 499. The van der Waals surface area contributed by atoms with Crippen LogP contribution in [0.1, 0.15) is 63.6 Å². The van der Waals surface area contributed by atoms with Crippen molar-refractivity contribution in [3.05, 3.63) is 18.1 Å². The van der Waals surface area contributed by atoms with Gasteiger partial charge in [0.25, 0.3) is 0 Å². The maximum atomic E-state index is 11.8. The maximum absolute atomic E-state index is 11.8. The fraction of sp³-hybridized carbons (Fsp3) is 0.688. The zero-order chi connectivity index (χ0) is 14.7. The molecule has 2 heterocycles. The molecule has 1 amide bonds. The van der Waals surface area contributed by atoms with Gasteiger partial charge in [-0.1, -0.05) is 12.8 Å². The molecule has 1 saturated heterocycles. The number of amides is 1. The van der Waals surface area contributed by atoms with E-state index >= 15 is 0 Å². The molecule has 5 nitrogen and oxygen atoms in total. The van der Waals surface area contributed by atoms with Crippen LogP contribution in [0.15, 0.2) is 12.4 Å². The predicted octanol–water partition coefficient (Wildman–Crippen LogP) is 2.90. The summed E-state index contributed by atoms with van der Waals surface area (Å²) in [6.07, 6.45) is 11.9. The van der Waals surface area contributed by atoms with Gasteiger partial charge in [-0.15, -0.1) is 0 Å². The zero-order valence-corrected chi connectivity index (χ0v) is 12.7. The second kappa shape index (κ2) is 6.41. The van der Waals surface area contributed by atoms with Crippen LogP contribution < -0.4 is 5.32 Å². The molecule has 0 radical (unpaired) electrons. The average molecular weight is 288 g/mol. The predicted molar refractivity (Wildman–Crippen MR) is 81.9 cm³/mol. The third kappa shape index (κ3) is 3.34. The number of aromatic nitrogens is 2. The van der Waals surface area contributed by atoms with Crippen LogP contribution in [0.4, 0.5) is 5.82 Å². The van der Waals surface area contributed by atoms with Crippen LogP contribution in [0, 0.1) is 0 Å². The number of hydrogen-bond acceptors (Lipinski definition) is 4. The molecule has 0 aromatic carbocycles.